The summed E-state index contributed by atoms with van der Waals surface area (Å²) >= 11 is 0. The molecule has 10 aromatic carbocycles. The van der Waals surface area contributed by atoms with Gasteiger partial charge in [0.1, 0.15) is 0 Å². The molecule has 0 amide bonds. The highest BCUT2D eigenvalue weighted by molar-refractivity contribution is 6.17. The molecule has 0 spiro atoms. The Kier molecular flexibility index (Phi) is 8.53. The number of hydrogen-bond donors (Lipinski definition) is 0. The van der Waals surface area contributed by atoms with E-state index in [9.17, 15) is 0 Å². The summed E-state index contributed by atoms with van der Waals surface area (Å²) in [5, 5.41) is 4.96. The van der Waals surface area contributed by atoms with Gasteiger partial charge in [0.2, 0.25) is 0 Å². The average Bonchev–Trinajstić information content (AvgIpc) is 3.87. The quantitative estimate of drug-likeness (QED) is 0.152. The molecule has 0 saturated carbocycles. The molecule has 2 heteroatoms. The maximum atomic E-state index is 2.45. The minimum Gasteiger partial charge on any atom is -0.309 e. The van der Waals surface area contributed by atoms with Gasteiger partial charge in [-0.25, -0.2) is 0 Å². The molecule has 0 N–H and O–H groups in total. The molecule has 0 unspecified atom stereocenters. The lowest BCUT2D eigenvalue weighted by molar-refractivity contribution is 1.18. The summed E-state index contributed by atoms with van der Waals surface area (Å²) in [6.45, 7) is 0. The van der Waals surface area contributed by atoms with E-state index in [2.05, 4.69) is 252 Å². The SMILES string of the molecule is c1ccc(-c2ccc(-n3c4ccc(-c5ccc6c(c5)c5ccccc5n6-c5ccccc5-c5cccc(-c6ccccc6)c5)cc4c4c(-c5ccccc5)cccc43)cc2)cc1. The Hall–Kier alpha value is -8.20. The van der Waals surface area contributed by atoms with Gasteiger partial charge in [0, 0.05) is 32.8 Å². The van der Waals surface area contributed by atoms with Crippen LogP contribution >= 0.6 is 0 Å². The van der Waals surface area contributed by atoms with E-state index in [4.69, 9.17) is 0 Å². The van der Waals surface area contributed by atoms with Crippen LogP contribution in [-0.4, -0.2) is 9.13 Å². The highest BCUT2D eigenvalue weighted by Gasteiger charge is 2.20. The lowest BCUT2D eigenvalue weighted by Crippen LogP contribution is -1.97. The summed E-state index contributed by atoms with van der Waals surface area (Å²) < 4.78 is 4.88. The van der Waals surface area contributed by atoms with Crippen LogP contribution in [0.25, 0.3) is 111 Å². The Bertz CT molecular complexity index is 3600. The summed E-state index contributed by atoms with van der Waals surface area (Å²) in [7, 11) is 0. The first-order valence-corrected chi connectivity index (χ1v) is 21.3. The zero-order chi connectivity index (χ0) is 41.0. The number of fused-ring (bicyclic) bond motifs is 6. The fraction of sp³-hybridized carbons (Fsp3) is 0. The van der Waals surface area contributed by atoms with Crippen LogP contribution in [0.4, 0.5) is 0 Å². The number of benzene rings is 10. The van der Waals surface area contributed by atoms with E-state index in [0.29, 0.717) is 0 Å². The standard InChI is InChI=1S/C60H40N2/c1-4-16-41(17-5-1)43-30-34-49(35-31-43)61-58-37-33-47(40-54(58)60-51(26-15-29-59(60)61)44-20-8-3-9-21-44)46-32-36-57-53(39-46)52-25-11-13-28-56(52)62(57)55-27-12-10-24-50(55)48-23-14-22-45(38-48)42-18-6-2-7-19-42/h1-40H. The van der Waals surface area contributed by atoms with Crippen molar-refractivity contribution in [1.29, 1.82) is 0 Å². The minimum absolute atomic E-state index is 1.14. The zero-order valence-corrected chi connectivity index (χ0v) is 34.0. The van der Waals surface area contributed by atoms with Crippen molar-refractivity contribution in [1.82, 2.24) is 9.13 Å². The Morgan fingerprint density at radius 2 is 0.694 bits per heavy atom. The van der Waals surface area contributed by atoms with Gasteiger partial charge in [-0.2, -0.15) is 0 Å². The van der Waals surface area contributed by atoms with Gasteiger partial charge in [0.05, 0.1) is 27.8 Å². The fourth-order valence-electron chi connectivity index (χ4n) is 9.64. The Balaban J connectivity index is 1.02. The maximum Gasteiger partial charge on any atom is 0.0547 e. The molecule has 0 aliphatic carbocycles. The summed E-state index contributed by atoms with van der Waals surface area (Å²) in [5.41, 5.74) is 19.1. The van der Waals surface area contributed by atoms with E-state index in [1.807, 2.05) is 0 Å². The number of aromatic nitrogens is 2. The van der Waals surface area contributed by atoms with Gasteiger partial charge in [0.15, 0.2) is 0 Å². The van der Waals surface area contributed by atoms with Crippen LogP contribution in [0.5, 0.6) is 0 Å². The highest BCUT2D eigenvalue weighted by atomic mass is 15.0. The predicted molar refractivity (Wildman–Crippen MR) is 262 cm³/mol. The van der Waals surface area contributed by atoms with Crippen LogP contribution in [0.15, 0.2) is 243 Å². The monoisotopic (exact) mass is 788 g/mol. The van der Waals surface area contributed by atoms with E-state index in [1.54, 1.807) is 0 Å². The van der Waals surface area contributed by atoms with Crippen molar-refractivity contribution < 1.29 is 0 Å². The topological polar surface area (TPSA) is 9.86 Å². The molecule has 62 heavy (non-hydrogen) atoms. The predicted octanol–water partition coefficient (Wildman–Crippen LogP) is 16.2. The zero-order valence-electron chi connectivity index (χ0n) is 34.0. The molecule has 290 valence electrons. The summed E-state index contributed by atoms with van der Waals surface area (Å²) in [4.78, 5) is 0. The van der Waals surface area contributed by atoms with Crippen molar-refractivity contribution in [3.8, 4) is 67.0 Å². The van der Waals surface area contributed by atoms with Crippen LogP contribution in [0.2, 0.25) is 0 Å². The first-order valence-electron chi connectivity index (χ1n) is 21.3. The second-order valence-corrected chi connectivity index (χ2v) is 16.1. The van der Waals surface area contributed by atoms with Crippen molar-refractivity contribution in [3.63, 3.8) is 0 Å². The Labute approximate surface area is 360 Å². The molecule has 0 aliphatic heterocycles. The number of hydrogen-bond acceptors (Lipinski definition) is 0. The van der Waals surface area contributed by atoms with Gasteiger partial charge >= 0.3 is 0 Å². The number of para-hydroxylation sites is 2. The molecule has 0 radical (unpaired) electrons. The van der Waals surface area contributed by atoms with E-state index in [-0.39, 0.29) is 0 Å². The number of nitrogens with zero attached hydrogens (tertiary/aromatic N) is 2. The molecule has 0 saturated heterocycles. The van der Waals surface area contributed by atoms with Gasteiger partial charge in [-0.1, -0.05) is 182 Å². The van der Waals surface area contributed by atoms with E-state index >= 15 is 0 Å². The molecular formula is C60H40N2. The van der Waals surface area contributed by atoms with E-state index in [0.717, 1.165) is 11.4 Å². The first-order chi connectivity index (χ1) is 30.8. The molecule has 0 bridgehead atoms. The van der Waals surface area contributed by atoms with Crippen molar-refractivity contribution in [2.75, 3.05) is 0 Å². The third kappa shape index (κ3) is 5.96. The maximum absolute atomic E-state index is 2.45. The molecule has 0 aliphatic rings. The van der Waals surface area contributed by atoms with Crippen LogP contribution < -0.4 is 0 Å². The third-order valence-electron chi connectivity index (χ3n) is 12.5. The van der Waals surface area contributed by atoms with E-state index < -0.39 is 0 Å². The van der Waals surface area contributed by atoms with Crippen molar-refractivity contribution in [2.45, 2.75) is 0 Å². The minimum atomic E-state index is 1.14. The average molecular weight is 789 g/mol. The molecule has 2 nitrogen and oxygen atoms in total. The highest BCUT2D eigenvalue weighted by Crippen LogP contribution is 2.42. The van der Waals surface area contributed by atoms with Crippen LogP contribution in [0.3, 0.4) is 0 Å². The lowest BCUT2D eigenvalue weighted by atomic mass is 9.97. The molecule has 12 aromatic rings. The second-order valence-electron chi connectivity index (χ2n) is 16.1. The molecular weight excluding hydrogens is 749 g/mol. The molecule has 2 heterocycles. The normalized spacial score (nSPS) is 11.5. The Morgan fingerprint density at radius 1 is 0.226 bits per heavy atom. The van der Waals surface area contributed by atoms with Crippen LogP contribution in [0.1, 0.15) is 0 Å². The summed E-state index contributed by atoms with van der Waals surface area (Å²) in [6.07, 6.45) is 0. The van der Waals surface area contributed by atoms with Gasteiger partial charge in [0.25, 0.3) is 0 Å². The van der Waals surface area contributed by atoms with Gasteiger partial charge in [-0.3, -0.25) is 0 Å². The first kappa shape index (κ1) is 35.7. The largest absolute Gasteiger partial charge is 0.309 e. The van der Waals surface area contributed by atoms with Gasteiger partial charge in [-0.05, 0) is 111 Å². The fourth-order valence-corrected chi connectivity index (χ4v) is 9.64. The Morgan fingerprint density at radius 3 is 1.44 bits per heavy atom. The summed E-state index contributed by atoms with van der Waals surface area (Å²) in [6, 6.07) is 88.4. The molecule has 0 fully saturated rings. The van der Waals surface area contributed by atoms with E-state index in [1.165, 1.54) is 99.2 Å². The van der Waals surface area contributed by atoms with Crippen LogP contribution in [0, 0.1) is 0 Å². The molecule has 12 rings (SSSR count). The van der Waals surface area contributed by atoms with Gasteiger partial charge < -0.3 is 9.13 Å². The van der Waals surface area contributed by atoms with Crippen molar-refractivity contribution >= 4 is 43.6 Å². The van der Waals surface area contributed by atoms with Crippen molar-refractivity contribution in [3.05, 3.63) is 243 Å². The van der Waals surface area contributed by atoms with Crippen molar-refractivity contribution in [2.24, 2.45) is 0 Å². The molecule has 2 aromatic heterocycles. The summed E-state index contributed by atoms with van der Waals surface area (Å²) in [5.74, 6) is 0. The lowest BCUT2D eigenvalue weighted by Gasteiger charge is -2.15. The smallest absolute Gasteiger partial charge is 0.0547 e. The van der Waals surface area contributed by atoms with Crippen LogP contribution in [-0.2, 0) is 0 Å². The second kappa shape index (κ2) is 14.8. The third-order valence-corrected chi connectivity index (χ3v) is 12.5. The number of rotatable bonds is 7. The molecule has 0 atom stereocenters. The van der Waals surface area contributed by atoms with Gasteiger partial charge in [-0.15, -0.1) is 0 Å².